The summed E-state index contributed by atoms with van der Waals surface area (Å²) < 4.78 is 0. The maximum Gasteiger partial charge on any atom is 0.329 e. The van der Waals surface area contributed by atoms with Crippen molar-refractivity contribution >= 4 is 17.7 Å². The molecule has 5 heteroatoms. The molecule has 0 spiro atoms. The molecule has 0 aromatic heterocycles. The second-order valence-electron chi connectivity index (χ2n) is 7.43. The lowest BCUT2D eigenvalue weighted by Gasteiger charge is -2.12. The van der Waals surface area contributed by atoms with Gasteiger partial charge >= 0.3 is 5.97 Å². The largest absolute Gasteiger partial charge is 0.480 e. The summed E-state index contributed by atoms with van der Waals surface area (Å²) in [6, 6.07) is 15.0. The highest BCUT2D eigenvalue weighted by atomic mass is 16.4. The first-order chi connectivity index (χ1) is 13.4. The minimum Gasteiger partial charge on any atom is -0.480 e. The van der Waals surface area contributed by atoms with E-state index in [2.05, 4.69) is 12.2 Å². The van der Waals surface area contributed by atoms with Crippen molar-refractivity contribution in [2.24, 2.45) is 0 Å². The van der Waals surface area contributed by atoms with Crippen LogP contribution in [0.1, 0.15) is 54.9 Å². The van der Waals surface area contributed by atoms with Gasteiger partial charge in [0.1, 0.15) is 11.3 Å². The van der Waals surface area contributed by atoms with E-state index in [1.807, 2.05) is 36.4 Å². The van der Waals surface area contributed by atoms with E-state index in [1.54, 1.807) is 12.1 Å². The molecule has 2 N–H and O–H groups in total. The maximum absolute atomic E-state index is 12.3. The van der Waals surface area contributed by atoms with E-state index in [4.69, 9.17) is 0 Å². The number of hydrogen-bond donors (Lipinski definition) is 2. The third-order valence-corrected chi connectivity index (χ3v) is 5.16. The monoisotopic (exact) mass is 379 g/mol. The Kier molecular flexibility index (Phi) is 5.93. The molecular formula is C23H25NO4. The van der Waals surface area contributed by atoms with Crippen molar-refractivity contribution in [3.05, 3.63) is 59.7 Å². The molecule has 0 bridgehead atoms. The summed E-state index contributed by atoms with van der Waals surface area (Å²) in [6.07, 6.45) is 4.00. The van der Waals surface area contributed by atoms with E-state index in [0.29, 0.717) is 31.2 Å². The molecule has 5 nitrogen and oxygen atoms in total. The molecule has 2 aromatic carbocycles. The Balaban J connectivity index is 1.62. The fourth-order valence-corrected chi connectivity index (χ4v) is 3.13. The minimum absolute atomic E-state index is 0.264. The van der Waals surface area contributed by atoms with Gasteiger partial charge in [-0.25, -0.2) is 4.79 Å². The zero-order valence-corrected chi connectivity index (χ0v) is 16.0. The van der Waals surface area contributed by atoms with Gasteiger partial charge in [0, 0.05) is 18.4 Å². The van der Waals surface area contributed by atoms with Gasteiger partial charge in [-0.15, -0.1) is 0 Å². The lowest BCUT2D eigenvalue weighted by atomic mass is 9.99. The molecule has 2 aromatic rings. The van der Waals surface area contributed by atoms with Crippen molar-refractivity contribution in [1.82, 2.24) is 5.32 Å². The number of hydrogen-bond acceptors (Lipinski definition) is 3. The Labute approximate surface area is 164 Å². The number of aliphatic carboxylic acids is 1. The summed E-state index contributed by atoms with van der Waals surface area (Å²) in [7, 11) is 0. The molecule has 0 saturated heterocycles. The molecule has 0 unspecified atom stereocenters. The molecule has 1 aliphatic rings. The third-order valence-electron chi connectivity index (χ3n) is 5.16. The van der Waals surface area contributed by atoms with Gasteiger partial charge in [-0.2, -0.15) is 0 Å². The van der Waals surface area contributed by atoms with Gasteiger partial charge in [0.25, 0.3) is 5.91 Å². The molecule has 1 amide bonds. The second-order valence-corrected chi connectivity index (χ2v) is 7.43. The number of ketones is 1. The number of carbonyl (C=O) groups excluding carboxylic acids is 2. The van der Waals surface area contributed by atoms with Crippen molar-refractivity contribution in [3.63, 3.8) is 0 Å². The van der Waals surface area contributed by atoms with Gasteiger partial charge in [-0.3, -0.25) is 9.59 Å². The standard InChI is InChI=1S/C23H25NO4/c1-2-3-4-20(25)15-16-5-7-17(8-6-16)18-9-11-19(12-10-18)21(26)24-23(13-14-23)22(27)28/h5-12H,2-4,13-15H2,1H3,(H,24,26)(H,27,28). The van der Waals surface area contributed by atoms with Gasteiger partial charge in [-0.1, -0.05) is 49.7 Å². The molecule has 0 radical (unpaired) electrons. The Morgan fingerprint density at radius 2 is 1.54 bits per heavy atom. The molecule has 3 rings (SSSR count). The van der Waals surface area contributed by atoms with Crippen LogP contribution in [-0.2, 0) is 16.0 Å². The number of rotatable bonds is 9. The Bertz CT molecular complexity index is 864. The van der Waals surface area contributed by atoms with Crippen LogP contribution in [0.3, 0.4) is 0 Å². The number of nitrogens with one attached hydrogen (secondary N) is 1. The molecule has 1 fully saturated rings. The molecule has 0 aliphatic heterocycles. The van der Waals surface area contributed by atoms with Crippen LogP contribution in [0.4, 0.5) is 0 Å². The number of carboxylic acids is 1. The van der Waals surface area contributed by atoms with Gasteiger partial charge in [-0.05, 0) is 48.1 Å². The number of unbranched alkanes of at least 4 members (excludes halogenated alkanes) is 1. The van der Waals surface area contributed by atoms with E-state index in [9.17, 15) is 19.5 Å². The number of carbonyl (C=O) groups is 3. The maximum atomic E-state index is 12.3. The summed E-state index contributed by atoms with van der Waals surface area (Å²) in [5.41, 5.74) is 2.32. The fourth-order valence-electron chi connectivity index (χ4n) is 3.13. The third kappa shape index (κ3) is 4.66. The van der Waals surface area contributed by atoms with Gasteiger partial charge in [0.05, 0.1) is 0 Å². The van der Waals surface area contributed by atoms with Crippen LogP contribution in [0.5, 0.6) is 0 Å². The summed E-state index contributed by atoms with van der Waals surface area (Å²) >= 11 is 0. The Hall–Kier alpha value is -2.95. The predicted octanol–water partition coefficient (Wildman–Crippen LogP) is 4.00. The summed E-state index contributed by atoms with van der Waals surface area (Å²) in [6.45, 7) is 2.08. The quantitative estimate of drug-likeness (QED) is 0.690. The van der Waals surface area contributed by atoms with Crippen molar-refractivity contribution in [2.75, 3.05) is 0 Å². The molecule has 0 heterocycles. The van der Waals surface area contributed by atoms with Crippen molar-refractivity contribution in [3.8, 4) is 11.1 Å². The van der Waals surface area contributed by atoms with Crippen LogP contribution in [0.15, 0.2) is 48.5 Å². The van der Waals surface area contributed by atoms with Crippen LogP contribution in [0.2, 0.25) is 0 Å². The van der Waals surface area contributed by atoms with E-state index >= 15 is 0 Å². The number of amides is 1. The lowest BCUT2D eigenvalue weighted by Crippen LogP contribution is -2.43. The highest BCUT2D eigenvalue weighted by Gasteiger charge is 2.51. The Morgan fingerprint density at radius 3 is 2.04 bits per heavy atom. The molecule has 0 atom stereocenters. The normalized spacial score (nSPS) is 14.3. The van der Waals surface area contributed by atoms with Crippen LogP contribution >= 0.6 is 0 Å². The molecule has 146 valence electrons. The smallest absolute Gasteiger partial charge is 0.329 e. The van der Waals surface area contributed by atoms with Crippen molar-refractivity contribution in [2.45, 2.75) is 51.0 Å². The highest BCUT2D eigenvalue weighted by Crippen LogP contribution is 2.35. The van der Waals surface area contributed by atoms with Gasteiger partial charge in [0.2, 0.25) is 0 Å². The molecular weight excluding hydrogens is 354 g/mol. The molecule has 1 aliphatic carbocycles. The number of Topliss-reactive ketones (excluding diaryl/α,β-unsaturated/α-hetero) is 1. The summed E-state index contributed by atoms with van der Waals surface area (Å²) in [5.74, 6) is -1.09. The number of benzene rings is 2. The average molecular weight is 379 g/mol. The van der Waals surface area contributed by atoms with Crippen molar-refractivity contribution in [1.29, 1.82) is 0 Å². The van der Waals surface area contributed by atoms with Crippen LogP contribution in [0.25, 0.3) is 11.1 Å². The first kappa shape index (κ1) is 19.8. The van der Waals surface area contributed by atoms with E-state index in [1.165, 1.54) is 0 Å². The fraction of sp³-hybridized carbons (Fsp3) is 0.348. The zero-order valence-electron chi connectivity index (χ0n) is 16.0. The average Bonchev–Trinajstić information content (AvgIpc) is 3.48. The first-order valence-electron chi connectivity index (χ1n) is 9.70. The zero-order chi connectivity index (χ0) is 20.1. The van der Waals surface area contributed by atoms with Crippen molar-refractivity contribution < 1.29 is 19.5 Å². The summed E-state index contributed by atoms with van der Waals surface area (Å²) in [4.78, 5) is 35.4. The van der Waals surface area contributed by atoms with E-state index < -0.39 is 11.5 Å². The van der Waals surface area contributed by atoms with E-state index in [0.717, 1.165) is 29.5 Å². The minimum atomic E-state index is -1.08. The topological polar surface area (TPSA) is 83.5 Å². The van der Waals surface area contributed by atoms with Gasteiger partial charge in [0.15, 0.2) is 0 Å². The van der Waals surface area contributed by atoms with Gasteiger partial charge < -0.3 is 10.4 Å². The van der Waals surface area contributed by atoms with Crippen LogP contribution in [-0.4, -0.2) is 28.3 Å². The molecule has 1 saturated carbocycles. The lowest BCUT2D eigenvalue weighted by molar-refractivity contribution is -0.140. The SMILES string of the molecule is CCCCC(=O)Cc1ccc(-c2ccc(C(=O)NC3(C(=O)O)CC3)cc2)cc1. The van der Waals surface area contributed by atoms with Crippen LogP contribution < -0.4 is 5.32 Å². The highest BCUT2D eigenvalue weighted by molar-refractivity contribution is 5.99. The predicted molar refractivity (Wildman–Crippen MR) is 107 cm³/mol. The number of carboxylic acid groups (broad SMARTS) is 1. The Morgan fingerprint density at radius 1 is 0.964 bits per heavy atom. The molecule has 28 heavy (non-hydrogen) atoms. The second kappa shape index (κ2) is 8.38. The van der Waals surface area contributed by atoms with E-state index in [-0.39, 0.29) is 11.7 Å². The summed E-state index contributed by atoms with van der Waals surface area (Å²) in [5, 5.41) is 11.8. The first-order valence-corrected chi connectivity index (χ1v) is 9.70. The van der Waals surface area contributed by atoms with Crippen LogP contribution in [0, 0.1) is 0 Å².